The second-order valence-electron chi connectivity index (χ2n) is 5.15. The van der Waals surface area contributed by atoms with E-state index >= 15 is 0 Å². The first-order chi connectivity index (χ1) is 12.5. The summed E-state index contributed by atoms with van der Waals surface area (Å²) in [6.45, 7) is -0.00459. The number of benzene rings is 1. The third-order valence-corrected chi connectivity index (χ3v) is 5.02. The third kappa shape index (κ3) is 3.74. The number of aromatic amines is 1. The van der Waals surface area contributed by atoms with Crippen LogP contribution in [0.25, 0.3) is 10.7 Å². The minimum atomic E-state index is -0.292. The van der Waals surface area contributed by atoms with Crippen LogP contribution in [0.5, 0.6) is 11.5 Å². The molecule has 2 aromatic heterocycles. The Morgan fingerprint density at radius 1 is 1.38 bits per heavy atom. The van der Waals surface area contributed by atoms with Crippen LogP contribution in [0, 0.1) is 4.77 Å². The molecule has 0 atom stereocenters. The van der Waals surface area contributed by atoms with E-state index < -0.39 is 0 Å². The Hall–Kier alpha value is -2.36. The summed E-state index contributed by atoms with van der Waals surface area (Å²) in [5.41, 5.74) is 0.441. The van der Waals surface area contributed by atoms with Gasteiger partial charge in [-0.15, -0.1) is 11.3 Å². The molecule has 2 heterocycles. The van der Waals surface area contributed by atoms with Gasteiger partial charge in [-0.1, -0.05) is 17.7 Å². The van der Waals surface area contributed by atoms with Crippen molar-refractivity contribution >= 4 is 46.8 Å². The molecule has 10 heteroatoms. The number of carbonyl (C=O) groups is 1. The number of hydrogen-bond donors (Lipinski definition) is 2. The molecule has 0 radical (unpaired) electrons. The summed E-state index contributed by atoms with van der Waals surface area (Å²) in [5, 5.41) is 12.0. The Morgan fingerprint density at radius 2 is 2.15 bits per heavy atom. The molecule has 0 spiro atoms. The van der Waals surface area contributed by atoms with Crippen molar-refractivity contribution in [3.8, 4) is 22.2 Å². The van der Waals surface area contributed by atoms with Crippen LogP contribution in [0.15, 0.2) is 29.6 Å². The van der Waals surface area contributed by atoms with Crippen LogP contribution < -0.4 is 14.8 Å². The zero-order valence-corrected chi connectivity index (χ0v) is 16.3. The number of nitrogens with one attached hydrogen (secondary N) is 2. The lowest BCUT2D eigenvalue weighted by atomic mass is 10.2. The fourth-order valence-electron chi connectivity index (χ4n) is 2.35. The van der Waals surface area contributed by atoms with Crippen molar-refractivity contribution < 1.29 is 14.3 Å². The molecular formula is C16H15ClN4O3S2. The summed E-state index contributed by atoms with van der Waals surface area (Å²) in [4.78, 5) is 13.5. The fraction of sp³-hybridized carbons (Fsp3) is 0.188. The van der Waals surface area contributed by atoms with E-state index in [0.29, 0.717) is 32.8 Å². The second kappa shape index (κ2) is 7.90. The second-order valence-corrected chi connectivity index (χ2v) is 6.89. The summed E-state index contributed by atoms with van der Waals surface area (Å²) >= 11 is 12.9. The van der Waals surface area contributed by atoms with Crippen molar-refractivity contribution in [3.63, 3.8) is 0 Å². The lowest BCUT2D eigenvalue weighted by Crippen LogP contribution is -2.20. The molecule has 0 fully saturated rings. The van der Waals surface area contributed by atoms with Crippen molar-refractivity contribution in [1.29, 1.82) is 0 Å². The van der Waals surface area contributed by atoms with Gasteiger partial charge in [0.2, 0.25) is 5.91 Å². The molecule has 0 aliphatic carbocycles. The third-order valence-electron chi connectivity index (χ3n) is 3.55. The van der Waals surface area contributed by atoms with Crippen LogP contribution in [-0.4, -0.2) is 34.9 Å². The lowest BCUT2D eigenvalue weighted by molar-refractivity contribution is -0.116. The van der Waals surface area contributed by atoms with Crippen molar-refractivity contribution in [2.24, 2.45) is 0 Å². The average Bonchev–Trinajstić information content (AvgIpc) is 3.26. The van der Waals surface area contributed by atoms with Gasteiger partial charge in [0.25, 0.3) is 0 Å². The average molecular weight is 411 g/mol. The Kier molecular flexibility index (Phi) is 5.60. The largest absolute Gasteiger partial charge is 0.495 e. The highest BCUT2D eigenvalue weighted by Gasteiger charge is 2.16. The number of rotatable bonds is 6. The molecule has 0 unspecified atom stereocenters. The van der Waals surface area contributed by atoms with Gasteiger partial charge in [-0.3, -0.25) is 14.5 Å². The molecular weight excluding hydrogens is 396 g/mol. The van der Waals surface area contributed by atoms with Crippen molar-refractivity contribution in [3.05, 3.63) is 39.4 Å². The lowest BCUT2D eigenvalue weighted by Gasteiger charge is -2.13. The van der Waals surface area contributed by atoms with Crippen molar-refractivity contribution in [1.82, 2.24) is 14.8 Å². The Labute approximate surface area is 163 Å². The van der Waals surface area contributed by atoms with Gasteiger partial charge in [-0.2, -0.15) is 5.10 Å². The van der Waals surface area contributed by atoms with E-state index in [4.69, 9.17) is 33.3 Å². The SMILES string of the molecule is COc1cc(OC)c(NC(=O)Cn2c(-c3cccs3)n[nH]c2=S)cc1Cl. The maximum Gasteiger partial charge on any atom is 0.244 e. The van der Waals surface area contributed by atoms with Gasteiger partial charge in [-0.05, 0) is 29.7 Å². The molecule has 0 aliphatic rings. The van der Waals surface area contributed by atoms with E-state index in [9.17, 15) is 4.79 Å². The number of thiophene rings is 1. The van der Waals surface area contributed by atoms with Crippen LogP contribution in [0.4, 0.5) is 5.69 Å². The summed E-state index contributed by atoms with van der Waals surface area (Å²) in [5.74, 6) is 1.21. The smallest absolute Gasteiger partial charge is 0.244 e. The van der Waals surface area contributed by atoms with Gasteiger partial charge in [0.15, 0.2) is 10.6 Å². The van der Waals surface area contributed by atoms with Crippen LogP contribution in [-0.2, 0) is 11.3 Å². The number of ether oxygens (including phenoxy) is 2. The first kappa shape index (κ1) is 18.4. The van der Waals surface area contributed by atoms with E-state index in [-0.39, 0.29) is 12.5 Å². The fourth-order valence-corrected chi connectivity index (χ4v) is 3.51. The van der Waals surface area contributed by atoms with Crippen LogP contribution in [0.1, 0.15) is 0 Å². The highest BCUT2D eigenvalue weighted by Crippen LogP contribution is 2.36. The highest BCUT2D eigenvalue weighted by molar-refractivity contribution is 7.71. The molecule has 0 saturated heterocycles. The number of hydrogen-bond acceptors (Lipinski definition) is 6. The summed E-state index contributed by atoms with van der Waals surface area (Å²) in [6.07, 6.45) is 0. The number of methoxy groups -OCH3 is 2. The van der Waals surface area contributed by atoms with E-state index in [0.717, 1.165) is 4.88 Å². The molecule has 1 aromatic carbocycles. The van der Waals surface area contributed by atoms with Crippen molar-refractivity contribution in [2.75, 3.05) is 19.5 Å². The van der Waals surface area contributed by atoms with Gasteiger partial charge < -0.3 is 14.8 Å². The Morgan fingerprint density at radius 3 is 2.81 bits per heavy atom. The Bertz CT molecular complexity index is 982. The van der Waals surface area contributed by atoms with Crippen LogP contribution in [0.2, 0.25) is 5.02 Å². The molecule has 3 aromatic rings. The first-order valence-corrected chi connectivity index (χ1v) is 9.10. The summed E-state index contributed by atoms with van der Waals surface area (Å²) in [6, 6.07) is 7.01. The molecule has 26 heavy (non-hydrogen) atoms. The number of H-pyrrole nitrogens is 1. The standard InChI is InChI=1S/C16H15ClN4O3S2/c1-23-11-7-12(24-2)10(6-9(11)17)18-14(22)8-21-15(19-20-16(21)25)13-4-3-5-26-13/h3-7H,8H2,1-2H3,(H,18,22)(H,20,25). The molecule has 136 valence electrons. The van der Waals surface area contributed by atoms with Gasteiger partial charge in [0.05, 0.1) is 29.8 Å². The van der Waals surface area contributed by atoms with E-state index in [1.807, 2.05) is 17.5 Å². The van der Waals surface area contributed by atoms with Crippen molar-refractivity contribution in [2.45, 2.75) is 6.54 Å². The number of anilines is 1. The number of nitrogens with zero attached hydrogens (tertiary/aromatic N) is 2. The minimum Gasteiger partial charge on any atom is -0.495 e. The number of aromatic nitrogens is 3. The minimum absolute atomic E-state index is 0.00459. The monoisotopic (exact) mass is 410 g/mol. The topological polar surface area (TPSA) is 81.2 Å². The van der Waals surface area contributed by atoms with Gasteiger partial charge >= 0.3 is 0 Å². The quantitative estimate of drug-likeness (QED) is 0.601. The number of amides is 1. The first-order valence-electron chi connectivity index (χ1n) is 7.44. The van der Waals surface area contributed by atoms with E-state index in [2.05, 4.69) is 15.5 Å². The van der Waals surface area contributed by atoms with Gasteiger partial charge in [0, 0.05) is 6.07 Å². The summed E-state index contributed by atoms with van der Waals surface area (Å²) < 4.78 is 12.4. The molecule has 3 rings (SSSR count). The molecule has 0 saturated carbocycles. The van der Waals surface area contributed by atoms with Crippen LogP contribution >= 0.6 is 35.2 Å². The number of carbonyl (C=O) groups excluding carboxylic acids is 1. The van der Waals surface area contributed by atoms with Gasteiger partial charge in [0.1, 0.15) is 18.0 Å². The molecule has 0 aliphatic heterocycles. The zero-order chi connectivity index (χ0) is 18.7. The predicted octanol–water partition coefficient (Wildman–Crippen LogP) is 3.98. The predicted molar refractivity (Wildman–Crippen MR) is 104 cm³/mol. The zero-order valence-electron chi connectivity index (χ0n) is 13.9. The maximum atomic E-state index is 12.5. The highest BCUT2D eigenvalue weighted by atomic mass is 35.5. The molecule has 1 amide bonds. The Balaban J connectivity index is 1.84. The van der Waals surface area contributed by atoms with Crippen LogP contribution in [0.3, 0.4) is 0 Å². The number of halogens is 1. The normalized spacial score (nSPS) is 10.6. The van der Waals surface area contributed by atoms with Gasteiger partial charge in [-0.25, -0.2) is 0 Å². The maximum absolute atomic E-state index is 12.5. The molecule has 7 nitrogen and oxygen atoms in total. The van der Waals surface area contributed by atoms with E-state index in [1.165, 1.54) is 25.6 Å². The summed E-state index contributed by atoms with van der Waals surface area (Å²) in [7, 11) is 3.01. The molecule has 2 N–H and O–H groups in total. The van der Waals surface area contributed by atoms with E-state index in [1.54, 1.807) is 16.7 Å². The molecule has 0 bridgehead atoms.